The van der Waals surface area contributed by atoms with E-state index in [0.717, 1.165) is 19.4 Å². The number of carbonyl (C=O) groups excluding carboxylic acids is 1. The number of Topliss-reactive ketones (excluding diaryl/α,β-unsaturated/α-hetero) is 1. The monoisotopic (exact) mass is 317 g/mol. The van der Waals surface area contributed by atoms with Crippen LogP contribution >= 0.6 is 0 Å². The van der Waals surface area contributed by atoms with Gasteiger partial charge in [-0.3, -0.25) is 14.5 Å². The first-order valence-electron chi connectivity index (χ1n) is 8.48. The number of carboxylic acids is 1. The number of carbonyl (C=O) groups is 2. The Morgan fingerprint density at radius 3 is 2.43 bits per heavy atom. The van der Waals surface area contributed by atoms with Gasteiger partial charge in [0.05, 0.1) is 12.0 Å². The normalized spacial score (nSPS) is 20.4. The molecule has 0 amide bonds. The summed E-state index contributed by atoms with van der Waals surface area (Å²) >= 11 is 0. The molecule has 1 aliphatic heterocycles. The van der Waals surface area contributed by atoms with Crippen LogP contribution in [0.1, 0.15) is 49.5 Å². The minimum atomic E-state index is -0.757. The maximum Gasteiger partial charge on any atom is 0.307 e. The fourth-order valence-corrected chi connectivity index (χ4v) is 3.24. The highest BCUT2D eigenvalue weighted by atomic mass is 16.4. The number of benzene rings is 1. The van der Waals surface area contributed by atoms with Crippen molar-refractivity contribution < 1.29 is 14.7 Å². The summed E-state index contributed by atoms with van der Waals surface area (Å²) in [7, 11) is 0. The molecule has 0 aliphatic carbocycles. The van der Waals surface area contributed by atoms with Crippen LogP contribution in [0.5, 0.6) is 0 Å². The van der Waals surface area contributed by atoms with Crippen LogP contribution in [0.15, 0.2) is 24.3 Å². The fraction of sp³-hybridized carbons (Fsp3) is 0.579. The van der Waals surface area contributed by atoms with Gasteiger partial charge in [-0.25, -0.2) is 0 Å². The van der Waals surface area contributed by atoms with Gasteiger partial charge in [-0.15, -0.1) is 0 Å². The molecule has 2 unspecified atom stereocenters. The van der Waals surface area contributed by atoms with E-state index in [2.05, 4.69) is 13.8 Å². The standard InChI is InChI=1S/C19H27NO3/c1-13(2)11-15-6-8-16(9-7-15)18(21)14(3)20-10-4-5-17(12-20)19(22)23/h6-9,13-14,17H,4-5,10-12H2,1-3H3,(H,22,23). The average molecular weight is 317 g/mol. The van der Waals surface area contributed by atoms with Gasteiger partial charge < -0.3 is 5.11 Å². The van der Waals surface area contributed by atoms with Crippen LogP contribution in [0, 0.1) is 11.8 Å². The zero-order valence-electron chi connectivity index (χ0n) is 14.3. The number of nitrogens with zero attached hydrogens (tertiary/aromatic N) is 1. The summed E-state index contributed by atoms with van der Waals surface area (Å²) in [5.74, 6) is -0.441. The Hall–Kier alpha value is -1.68. The van der Waals surface area contributed by atoms with Crippen LogP contribution in [0.3, 0.4) is 0 Å². The lowest BCUT2D eigenvalue weighted by Gasteiger charge is -2.34. The largest absolute Gasteiger partial charge is 0.481 e. The van der Waals surface area contributed by atoms with Gasteiger partial charge in [0.15, 0.2) is 5.78 Å². The highest BCUT2D eigenvalue weighted by Crippen LogP contribution is 2.21. The zero-order valence-corrected chi connectivity index (χ0v) is 14.3. The number of aliphatic carboxylic acids is 1. The summed E-state index contributed by atoms with van der Waals surface area (Å²) in [6.45, 7) is 7.50. The molecule has 1 N–H and O–H groups in total. The van der Waals surface area contributed by atoms with E-state index in [1.165, 1.54) is 5.56 Å². The SMILES string of the molecule is CC(C)Cc1ccc(C(=O)C(C)N2CCCC(C(=O)O)C2)cc1. The number of piperidine rings is 1. The van der Waals surface area contributed by atoms with Gasteiger partial charge in [0.1, 0.15) is 0 Å². The van der Waals surface area contributed by atoms with E-state index in [1.807, 2.05) is 36.1 Å². The molecule has 1 aromatic rings. The number of ketones is 1. The molecule has 1 aromatic carbocycles. The highest BCUT2D eigenvalue weighted by molar-refractivity contribution is 5.99. The summed E-state index contributed by atoms with van der Waals surface area (Å²) in [4.78, 5) is 25.8. The second-order valence-corrected chi connectivity index (χ2v) is 7.01. The molecule has 2 rings (SSSR count). The molecular formula is C19H27NO3. The summed E-state index contributed by atoms with van der Waals surface area (Å²) < 4.78 is 0. The molecule has 0 bridgehead atoms. The number of rotatable bonds is 6. The molecule has 0 spiro atoms. The Morgan fingerprint density at radius 2 is 1.87 bits per heavy atom. The van der Waals surface area contributed by atoms with Crippen molar-refractivity contribution in [2.45, 2.75) is 46.1 Å². The Kier molecular flexibility index (Phi) is 5.94. The predicted molar refractivity (Wildman–Crippen MR) is 90.7 cm³/mol. The lowest BCUT2D eigenvalue weighted by molar-refractivity contribution is -0.143. The first-order valence-corrected chi connectivity index (χ1v) is 8.48. The van der Waals surface area contributed by atoms with Crippen LogP contribution < -0.4 is 0 Å². The zero-order chi connectivity index (χ0) is 17.0. The van der Waals surface area contributed by atoms with E-state index in [9.17, 15) is 14.7 Å². The minimum Gasteiger partial charge on any atom is -0.481 e. The molecule has 1 fully saturated rings. The third-order valence-corrected chi connectivity index (χ3v) is 4.61. The molecule has 4 nitrogen and oxygen atoms in total. The number of hydrogen-bond acceptors (Lipinski definition) is 3. The quantitative estimate of drug-likeness (QED) is 0.818. The van der Waals surface area contributed by atoms with Gasteiger partial charge in [0, 0.05) is 12.1 Å². The van der Waals surface area contributed by atoms with Crippen molar-refractivity contribution >= 4 is 11.8 Å². The highest BCUT2D eigenvalue weighted by Gasteiger charge is 2.30. The van der Waals surface area contributed by atoms with Crippen LogP contribution in [0.25, 0.3) is 0 Å². The Balaban J connectivity index is 2.02. The van der Waals surface area contributed by atoms with E-state index in [-0.39, 0.29) is 17.7 Å². The van der Waals surface area contributed by atoms with E-state index < -0.39 is 5.97 Å². The van der Waals surface area contributed by atoms with Gasteiger partial charge in [-0.1, -0.05) is 38.1 Å². The third kappa shape index (κ3) is 4.64. The van der Waals surface area contributed by atoms with Crippen LogP contribution in [0.2, 0.25) is 0 Å². The molecule has 126 valence electrons. The molecule has 23 heavy (non-hydrogen) atoms. The summed E-state index contributed by atoms with van der Waals surface area (Å²) in [6.07, 6.45) is 2.55. The summed E-state index contributed by atoms with van der Waals surface area (Å²) in [5.41, 5.74) is 1.95. The average Bonchev–Trinajstić information content (AvgIpc) is 2.53. The molecule has 0 saturated carbocycles. The predicted octanol–water partition coefficient (Wildman–Crippen LogP) is 3.25. The summed E-state index contributed by atoms with van der Waals surface area (Å²) in [5, 5.41) is 9.18. The number of likely N-dealkylation sites (tertiary alicyclic amines) is 1. The Morgan fingerprint density at radius 1 is 1.22 bits per heavy atom. The maximum atomic E-state index is 12.7. The molecular weight excluding hydrogens is 290 g/mol. The molecule has 2 atom stereocenters. The smallest absolute Gasteiger partial charge is 0.307 e. The van der Waals surface area contributed by atoms with Crippen molar-refractivity contribution in [3.63, 3.8) is 0 Å². The van der Waals surface area contributed by atoms with Gasteiger partial charge in [-0.2, -0.15) is 0 Å². The third-order valence-electron chi connectivity index (χ3n) is 4.61. The number of hydrogen-bond donors (Lipinski definition) is 1. The van der Waals surface area contributed by atoms with Gasteiger partial charge in [0.2, 0.25) is 0 Å². The lowest BCUT2D eigenvalue weighted by Crippen LogP contribution is -2.46. The van der Waals surface area contributed by atoms with E-state index in [4.69, 9.17) is 0 Å². The first-order chi connectivity index (χ1) is 10.9. The molecule has 1 aliphatic rings. The van der Waals surface area contributed by atoms with Gasteiger partial charge in [-0.05, 0) is 44.2 Å². The topological polar surface area (TPSA) is 57.6 Å². The van der Waals surface area contributed by atoms with Gasteiger partial charge in [0.25, 0.3) is 0 Å². The van der Waals surface area contributed by atoms with Crippen molar-refractivity contribution in [2.75, 3.05) is 13.1 Å². The molecule has 1 saturated heterocycles. The molecule has 4 heteroatoms. The van der Waals surface area contributed by atoms with Crippen molar-refractivity contribution in [3.8, 4) is 0 Å². The van der Waals surface area contributed by atoms with Crippen molar-refractivity contribution in [2.24, 2.45) is 11.8 Å². The van der Waals surface area contributed by atoms with E-state index in [0.29, 0.717) is 24.4 Å². The minimum absolute atomic E-state index is 0.0761. The molecule has 0 radical (unpaired) electrons. The maximum absolute atomic E-state index is 12.7. The van der Waals surface area contributed by atoms with Crippen LogP contribution in [-0.4, -0.2) is 40.9 Å². The van der Waals surface area contributed by atoms with Crippen molar-refractivity contribution in [1.29, 1.82) is 0 Å². The lowest BCUT2D eigenvalue weighted by atomic mass is 9.94. The second-order valence-electron chi connectivity index (χ2n) is 7.01. The first kappa shape index (κ1) is 17.7. The van der Waals surface area contributed by atoms with Gasteiger partial charge >= 0.3 is 5.97 Å². The van der Waals surface area contributed by atoms with Crippen LogP contribution in [-0.2, 0) is 11.2 Å². The Labute approximate surface area is 138 Å². The Bertz CT molecular complexity index is 550. The van der Waals surface area contributed by atoms with Crippen molar-refractivity contribution in [3.05, 3.63) is 35.4 Å². The number of carboxylic acid groups (broad SMARTS) is 1. The van der Waals surface area contributed by atoms with E-state index in [1.54, 1.807) is 0 Å². The summed E-state index contributed by atoms with van der Waals surface area (Å²) in [6, 6.07) is 7.57. The van der Waals surface area contributed by atoms with E-state index >= 15 is 0 Å². The van der Waals surface area contributed by atoms with Crippen molar-refractivity contribution in [1.82, 2.24) is 4.90 Å². The molecule has 0 aromatic heterocycles. The van der Waals surface area contributed by atoms with Crippen LogP contribution in [0.4, 0.5) is 0 Å². The molecule has 1 heterocycles. The fourth-order valence-electron chi connectivity index (χ4n) is 3.24. The second kappa shape index (κ2) is 7.73.